The van der Waals surface area contributed by atoms with Gasteiger partial charge in [0.25, 0.3) is 0 Å². The number of sulfonamides is 1. The van der Waals surface area contributed by atoms with Crippen LogP contribution >= 0.6 is 0 Å². The zero-order valence-corrected chi connectivity index (χ0v) is 10.9. The minimum Gasteiger partial charge on any atom is -0.251 e. The summed E-state index contributed by atoms with van der Waals surface area (Å²) in [5, 5.41) is 0. The van der Waals surface area contributed by atoms with E-state index in [1.54, 1.807) is 18.2 Å². The van der Waals surface area contributed by atoms with Gasteiger partial charge in [0.2, 0.25) is 10.0 Å². The summed E-state index contributed by atoms with van der Waals surface area (Å²) in [6.07, 6.45) is 4.48. The van der Waals surface area contributed by atoms with E-state index in [0.29, 0.717) is 11.4 Å². The van der Waals surface area contributed by atoms with Gasteiger partial charge in [0.1, 0.15) is 0 Å². The molecule has 0 fully saturated rings. The molecule has 0 N–H and O–H groups in total. The molecule has 4 nitrogen and oxygen atoms in total. The van der Waals surface area contributed by atoms with Crippen LogP contribution < -0.4 is 0 Å². The van der Waals surface area contributed by atoms with E-state index in [-0.39, 0.29) is 6.54 Å². The van der Waals surface area contributed by atoms with Gasteiger partial charge >= 0.3 is 0 Å². The lowest BCUT2D eigenvalue weighted by atomic mass is 10.1. The Hall–Kier alpha value is -1.46. The van der Waals surface area contributed by atoms with Crippen LogP contribution in [0.1, 0.15) is 17.0 Å². The summed E-state index contributed by atoms with van der Waals surface area (Å²) in [5.74, 6) is 0. The fraction of sp³-hybridized carbons (Fsp3) is 0.250. The fourth-order valence-corrected chi connectivity index (χ4v) is 1.66. The van der Waals surface area contributed by atoms with Crippen molar-refractivity contribution in [3.8, 4) is 0 Å². The summed E-state index contributed by atoms with van der Waals surface area (Å²) in [6, 6.07) is 3.63. The third-order valence-electron chi connectivity index (χ3n) is 2.38. The van der Waals surface area contributed by atoms with Crippen molar-refractivity contribution in [1.29, 1.82) is 0 Å². The smallest absolute Gasteiger partial charge is 0.211 e. The molecule has 0 atom stereocenters. The van der Waals surface area contributed by atoms with E-state index in [1.807, 2.05) is 6.07 Å². The number of rotatable bonds is 5. The van der Waals surface area contributed by atoms with E-state index < -0.39 is 10.0 Å². The van der Waals surface area contributed by atoms with Crippen molar-refractivity contribution in [3.05, 3.63) is 42.2 Å². The van der Waals surface area contributed by atoms with Crippen molar-refractivity contribution in [2.75, 3.05) is 13.3 Å². The van der Waals surface area contributed by atoms with Gasteiger partial charge in [0.05, 0.1) is 24.2 Å². The molecule has 0 aliphatic rings. The standard InChI is InChI=1S/C12H16N2O2S/c1-5-10-7-8-11(13-12(10)6-2)9-14(3)17(4,15)16/h5-8H,1-2,9H2,3-4H3. The average Bonchev–Trinajstić information content (AvgIpc) is 2.27. The molecule has 0 saturated carbocycles. The number of hydrogen-bond donors (Lipinski definition) is 0. The molecular formula is C12H16N2O2S. The van der Waals surface area contributed by atoms with Crippen molar-refractivity contribution in [2.24, 2.45) is 0 Å². The van der Waals surface area contributed by atoms with E-state index in [4.69, 9.17) is 0 Å². The highest BCUT2D eigenvalue weighted by atomic mass is 32.2. The van der Waals surface area contributed by atoms with Crippen LogP contribution in [0.15, 0.2) is 25.3 Å². The van der Waals surface area contributed by atoms with Crippen molar-refractivity contribution in [2.45, 2.75) is 6.54 Å². The van der Waals surface area contributed by atoms with Gasteiger partial charge in [0, 0.05) is 7.05 Å². The maximum atomic E-state index is 11.3. The Morgan fingerprint density at radius 2 is 2.00 bits per heavy atom. The van der Waals surface area contributed by atoms with E-state index in [0.717, 1.165) is 5.56 Å². The van der Waals surface area contributed by atoms with Crippen LogP contribution in [0, 0.1) is 0 Å². The summed E-state index contributed by atoms with van der Waals surface area (Å²) in [4.78, 5) is 4.32. The molecule has 1 rings (SSSR count). The average molecular weight is 252 g/mol. The SMILES string of the molecule is C=Cc1ccc(CN(C)S(C)(=O)=O)nc1C=C. The van der Waals surface area contributed by atoms with Gasteiger partial charge < -0.3 is 0 Å². The molecule has 0 saturated heterocycles. The predicted molar refractivity (Wildman–Crippen MR) is 70.7 cm³/mol. The molecule has 0 bridgehead atoms. The van der Waals surface area contributed by atoms with Crippen LogP contribution in [0.2, 0.25) is 0 Å². The Morgan fingerprint density at radius 3 is 2.47 bits per heavy atom. The van der Waals surface area contributed by atoms with E-state index in [9.17, 15) is 8.42 Å². The highest BCUT2D eigenvalue weighted by Crippen LogP contribution is 2.12. The molecule has 0 unspecified atom stereocenters. The first-order valence-corrected chi connectivity index (χ1v) is 6.89. The molecule has 0 amide bonds. The van der Waals surface area contributed by atoms with Gasteiger partial charge in [-0.25, -0.2) is 8.42 Å². The summed E-state index contributed by atoms with van der Waals surface area (Å²) in [7, 11) is -1.67. The van der Waals surface area contributed by atoms with Crippen LogP contribution in [-0.2, 0) is 16.6 Å². The molecule has 17 heavy (non-hydrogen) atoms. The van der Waals surface area contributed by atoms with Gasteiger partial charge in [0.15, 0.2) is 0 Å². The Morgan fingerprint density at radius 1 is 1.35 bits per heavy atom. The molecule has 0 radical (unpaired) electrons. The number of aromatic nitrogens is 1. The zero-order valence-electron chi connectivity index (χ0n) is 10.0. The number of hydrogen-bond acceptors (Lipinski definition) is 3. The van der Waals surface area contributed by atoms with Crippen molar-refractivity contribution >= 4 is 22.2 Å². The summed E-state index contributed by atoms with van der Waals surface area (Å²) in [6.45, 7) is 7.59. The summed E-state index contributed by atoms with van der Waals surface area (Å²) >= 11 is 0. The second kappa shape index (κ2) is 5.25. The van der Waals surface area contributed by atoms with Crippen LogP contribution in [-0.4, -0.2) is 31.0 Å². The second-order valence-corrected chi connectivity index (χ2v) is 5.79. The maximum absolute atomic E-state index is 11.3. The third kappa shape index (κ3) is 3.51. The minimum atomic E-state index is -3.19. The Balaban J connectivity index is 3.02. The van der Waals surface area contributed by atoms with E-state index in [1.165, 1.54) is 17.6 Å². The number of pyridine rings is 1. The lowest BCUT2D eigenvalue weighted by Crippen LogP contribution is -2.25. The minimum absolute atomic E-state index is 0.247. The van der Waals surface area contributed by atoms with Gasteiger partial charge in [-0.2, -0.15) is 4.31 Å². The van der Waals surface area contributed by atoms with E-state index in [2.05, 4.69) is 18.1 Å². The molecular weight excluding hydrogens is 236 g/mol. The molecule has 92 valence electrons. The first kappa shape index (κ1) is 13.6. The molecule has 0 aliphatic heterocycles. The molecule has 1 aromatic rings. The largest absolute Gasteiger partial charge is 0.251 e. The lowest BCUT2D eigenvalue weighted by Gasteiger charge is -2.14. The highest BCUT2D eigenvalue weighted by Gasteiger charge is 2.12. The van der Waals surface area contributed by atoms with Gasteiger partial charge in [-0.05, 0) is 17.7 Å². The van der Waals surface area contributed by atoms with Crippen molar-refractivity contribution in [3.63, 3.8) is 0 Å². The monoisotopic (exact) mass is 252 g/mol. The second-order valence-electron chi connectivity index (χ2n) is 3.70. The summed E-state index contributed by atoms with van der Waals surface area (Å²) in [5.41, 5.74) is 2.27. The molecule has 0 spiro atoms. The highest BCUT2D eigenvalue weighted by molar-refractivity contribution is 7.88. The normalized spacial score (nSPS) is 11.5. The third-order valence-corrected chi connectivity index (χ3v) is 3.64. The topological polar surface area (TPSA) is 50.3 Å². The van der Waals surface area contributed by atoms with Gasteiger partial charge in [-0.15, -0.1) is 0 Å². The first-order valence-electron chi connectivity index (χ1n) is 5.04. The van der Waals surface area contributed by atoms with Crippen molar-refractivity contribution < 1.29 is 8.42 Å². The van der Waals surface area contributed by atoms with Crippen LogP contribution in [0.4, 0.5) is 0 Å². The lowest BCUT2D eigenvalue weighted by molar-refractivity contribution is 0.467. The molecule has 0 aliphatic carbocycles. The quantitative estimate of drug-likeness (QED) is 0.802. The van der Waals surface area contributed by atoms with Crippen LogP contribution in [0.3, 0.4) is 0 Å². The molecule has 5 heteroatoms. The first-order chi connectivity index (χ1) is 7.88. The van der Waals surface area contributed by atoms with Gasteiger partial charge in [-0.1, -0.05) is 25.3 Å². The van der Waals surface area contributed by atoms with Crippen LogP contribution in [0.25, 0.3) is 12.2 Å². The Kier molecular flexibility index (Phi) is 4.20. The van der Waals surface area contributed by atoms with Crippen molar-refractivity contribution in [1.82, 2.24) is 9.29 Å². The molecule has 1 heterocycles. The Bertz CT molecular complexity index is 535. The maximum Gasteiger partial charge on any atom is 0.211 e. The zero-order chi connectivity index (χ0) is 13.1. The molecule has 0 aromatic carbocycles. The summed E-state index contributed by atoms with van der Waals surface area (Å²) < 4.78 is 23.8. The molecule has 1 aromatic heterocycles. The van der Waals surface area contributed by atoms with Gasteiger partial charge in [-0.3, -0.25) is 4.98 Å². The van der Waals surface area contributed by atoms with E-state index >= 15 is 0 Å². The Labute approximate surface area is 102 Å². The number of nitrogens with zero attached hydrogens (tertiary/aromatic N) is 2. The van der Waals surface area contributed by atoms with Crippen LogP contribution in [0.5, 0.6) is 0 Å². The fourth-order valence-electron chi connectivity index (χ4n) is 1.30. The predicted octanol–water partition coefficient (Wildman–Crippen LogP) is 1.76.